The molecular formula is C11H24O. The Morgan fingerprint density at radius 3 is 2.33 bits per heavy atom. The van der Waals surface area contributed by atoms with Crippen LogP contribution >= 0.6 is 0 Å². The quantitative estimate of drug-likeness (QED) is 0.652. The molecule has 0 aromatic heterocycles. The number of rotatable bonds is 6. The predicted octanol–water partition coefficient (Wildman–Crippen LogP) is 3.22. The average molecular weight is 172 g/mol. The predicted molar refractivity (Wildman–Crippen MR) is 54.2 cm³/mol. The van der Waals surface area contributed by atoms with E-state index in [0.29, 0.717) is 17.9 Å². The first-order chi connectivity index (χ1) is 5.52. The topological polar surface area (TPSA) is 20.2 Å². The van der Waals surface area contributed by atoms with Crippen LogP contribution in [-0.2, 0) is 0 Å². The van der Waals surface area contributed by atoms with Crippen molar-refractivity contribution < 1.29 is 5.11 Å². The van der Waals surface area contributed by atoms with Gasteiger partial charge in [0.05, 0.1) is 0 Å². The molecule has 0 saturated heterocycles. The van der Waals surface area contributed by atoms with Crippen molar-refractivity contribution >= 4 is 0 Å². The van der Waals surface area contributed by atoms with Gasteiger partial charge in [-0.25, -0.2) is 0 Å². The van der Waals surface area contributed by atoms with Crippen LogP contribution in [0, 0.1) is 11.3 Å². The Labute approximate surface area is 77.2 Å². The van der Waals surface area contributed by atoms with Gasteiger partial charge in [0.2, 0.25) is 0 Å². The van der Waals surface area contributed by atoms with Crippen LogP contribution in [0.1, 0.15) is 53.4 Å². The second-order valence-corrected chi connectivity index (χ2v) is 4.70. The van der Waals surface area contributed by atoms with Crippen molar-refractivity contribution in [2.24, 2.45) is 11.3 Å². The molecule has 0 rings (SSSR count). The second kappa shape index (κ2) is 5.58. The number of aliphatic hydroxyl groups excluding tert-OH is 1. The van der Waals surface area contributed by atoms with Gasteiger partial charge in [0.1, 0.15) is 0 Å². The summed E-state index contributed by atoms with van der Waals surface area (Å²) in [4.78, 5) is 0. The van der Waals surface area contributed by atoms with Crippen LogP contribution in [0.3, 0.4) is 0 Å². The summed E-state index contributed by atoms with van der Waals surface area (Å²) in [5.41, 5.74) is 0.495. The summed E-state index contributed by atoms with van der Waals surface area (Å²) < 4.78 is 0. The molecule has 0 radical (unpaired) electrons. The van der Waals surface area contributed by atoms with Gasteiger partial charge < -0.3 is 5.11 Å². The number of hydrogen-bond acceptors (Lipinski definition) is 1. The Kier molecular flexibility index (Phi) is 5.56. The van der Waals surface area contributed by atoms with Gasteiger partial charge >= 0.3 is 0 Å². The van der Waals surface area contributed by atoms with E-state index in [1.54, 1.807) is 0 Å². The third-order valence-corrected chi connectivity index (χ3v) is 2.82. The second-order valence-electron chi connectivity index (χ2n) is 4.70. The first-order valence-electron chi connectivity index (χ1n) is 5.12. The van der Waals surface area contributed by atoms with Crippen LogP contribution in [-0.4, -0.2) is 11.7 Å². The van der Waals surface area contributed by atoms with Gasteiger partial charge in [0, 0.05) is 6.61 Å². The molecule has 0 aliphatic carbocycles. The maximum atomic E-state index is 8.82. The Morgan fingerprint density at radius 1 is 1.33 bits per heavy atom. The molecule has 1 N–H and O–H groups in total. The lowest BCUT2D eigenvalue weighted by Gasteiger charge is -2.22. The van der Waals surface area contributed by atoms with Crippen LogP contribution in [0.2, 0.25) is 0 Å². The molecule has 0 aromatic carbocycles. The summed E-state index contributed by atoms with van der Waals surface area (Å²) in [6.45, 7) is 9.33. The van der Waals surface area contributed by atoms with Crippen LogP contribution < -0.4 is 0 Å². The van der Waals surface area contributed by atoms with Crippen molar-refractivity contribution in [1.29, 1.82) is 0 Å². The molecule has 0 aliphatic rings. The van der Waals surface area contributed by atoms with E-state index >= 15 is 0 Å². The minimum Gasteiger partial charge on any atom is -0.396 e. The summed E-state index contributed by atoms with van der Waals surface area (Å²) in [6.07, 6.45) is 4.96. The standard InChI is InChI=1S/C11H24O/c1-5-11(3,4)8-6-7-10(2)9-12/h10,12H,5-9H2,1-4H3. The largest absolute Gasteiger partial charge is 0.396 e. The third-order valence-electron chi connectivity index (χ3n) is 2.82. The van der Waals surface area contributed by atoms with Gasteiger partial charge in [0.15, 0.2) is 0 Å². The molecule has 1 nitrogen and oxygen atoms in total. The smallest absolute Gasteiger partial charge is 0.0456 e. The Hall–Kier alpha value is -0.0400. The molecule has 0 amide bonds. The summed E-state index contributed by atoms with van der Waals surface area (Å²) in [5.74, 6) is 0.484. The fourth-order valence-corrected chi connectivity index (χ4v) is 1.20. The van der Waals surface area contributed by atoms with Gasteiger partial charge in [-0.3, -0.25) is 0 Å². The van der Waals surface area contributed by atoms with Crippen LogP contribution in [0.25, 0.3) is 0 Å². The first-order valence-corrected chi connectivity index (χ1v) is 5.12. The van der Waals surface area contributed by atoms with Crippen LogP contribution in [0.4, 0.5) is 0 Å². The monoisotopic (exact) mass is 172 g/mol. The van der Waals surface area contributed by atoms with Crippen LogP contribution in [0.5, 0.6) is 0 Å². The minimum absolute atomic E-state index is 0.340. The minimum atomic E-state index is 0.340. The number of hydrogen-bond donors (Lipinski definition) is 1. The van der Waals surface area contributed by atoms with Crippen LogP contribution in [0.15, 0.2) is 0 Å². The maximum absolute atomic E-state index is 8.82. The van der Waals surface area contributed by atoms with Gasteiger partial charge in [-0.2, -0.15) is 0 Å². The van der Waals surface area contributed by atoms with E-state index < -0.39 is 0 Å². The highest BCUT2D eigenvalue weighted by Crippen LogP contribution is 2.27. The van der Waals surface area contributed by atoms with Crippen molar-refractivity contribution in [2.45, 2.75) is 53.4 Å². The van der Waals surface area contributed by atoms with Gasteiger partial charge in [0.25, 0.3) is 0 Å². The van der Waals surface area contributed by atoms with E-state index in [2.05, 4.69) is 27.7 Å². The molecule has 0 aromatic rings. The molecule has 1 unspecified atom stereocenters. The van der Waals surface area contributed by atoms with E-state index in [4.69, 9.17) is 5.11 Å². The Balaban J connectivity index is 3.42. The molecule has 74 valence electrons. The lowest BCUT2D eigenvalue weighted by Crippen LogP contribution is -2.10. The van der Waals surface area contributed by atoms with Crippen molar-refractivity contribution in [2.75, 3.05) is 6.61 Å². The zero-order valence-corrected chi connectivity index (χ0v) is 9.06. The van der Waals surface area contributed by atoms with E-state index in [-0.39, 0.29) is 0 Å². The molecule has 1 heteroatoms. The molecule has 12 heavy (non-hydrogen) atoms. The highest BCUT2D eigenvalue weighted by Gasteiger charge is 2.14. The van der Waals surface area contributed by atoms with E-state index in [0.717, 1.165) is 0 Å². The zero-order valence-electron chi connectivity index (χ0n) is 9.06. The SMILES string of the molecule is CCC(C)(C)CCCC(C)CO. The Bertz CT molecular complexity index is 108. The van der Waals surface area contributed by atoms with Crippen molar-refractivity contribution in [3.05, 3.63) is 0 Å². The molecular weight excluding hydrogens is 148 g/mol. The fraction of sp³-hybridized carbons (Fsp3) is 1.00. The zero-order chi connectivity index (χ0) is 9.61. The summed E-state index contributed by atoms with van der Waals surface area (Å²) in [6, 6.07) is 0. The molecule has 0 fully saturated rings. The third kappa shape index (κ3) is 5.59. The molecule has 0 aliphatic heterocycles. The van der Waals surface area contributed by atoms with Crippen molar-refractivity contribution in [3.8, 4) is 0 Å². The highest BCUT2D eigenvalue weighted by molar-refractivity contribution is 4.66. The highest BCUT2D eigenvalue weighted by atomic mass is 16.3. The van der Waals surface area contributed by atoms with Gasteiger partial charge in [-0.1, -0.05) is 40.5 Å². The van der Waals surface area contributed by atoms with Gasteiger partial charge in [-0.05, 0) is 24.2 Å². The van der Waals surface area contributed by atoms with E-state index in [1.807, 2.05) is 0 Å². The number of aliphatic hydroxyl groups is 1. The van der Waals surface area contributed by atoms with Crippen molar-refractivity contribution in [1.82, 2.24) is 0 Å². The maximum Gasteiger partial charge on any atom is 0.0456 e. The Morgan fingerprint density at radius 2 is 1.92 bits per heavy atom. The lowest BCUT2D eigenvalue weighted by atomic mass is 9.84. The van der Waals surface area contributed by atoms with E-state index in [1.165, 1.54) is 25.7 Å². The molecule has 1 atom stereocenters. The summed E-state index contributed by atoms with van der Waals surface area (Å²) in [7, 11) is 0. The van der Waals surface area contributed by atoms with E-state index in [9.17, 15) is 0 Å². The summed E-state index contributed by atoms with van der Waals surface area (Å²) in [5, 5.41) is 8.82. The molecule has 0 spiro atoms. The first kappa shape index (κ1) is 12.0. The summed E-state index contributed by atoms with van der Waals surface area (Å²) >= 11 is 0. The lowest BCUT2D eigenvalue weighted by molar-refractivity contribution is 0.217. The van der Waals surface area contributed by atoms with Gasteiger partial charge in [-0.15, -0.1) is 0 Å². The normalized spacial score (nSPS) is 14.8. The average Bonchev–Trinajstić information content (AvgIpc) is 2.04. The van der Waals surface area contributed by atoms with Crippen molar-refractivity contribution in [3.63, 3.8) is 0 Å². The molecule has 0 heterocycles. The molecule has 0 saturated carbocycles. The fourth-order valence-electron chi connectivity index (χ4n) is 1.20. The molecule has 0 bridgehead atoms.